The first-order valence-corrected chi connectivity index (χ1v) is 9.56. The molecule has 1 aromatic heterocycles. The van der Waals surface area contributed by atoms with Gasteiger partial charge in [-0.3, -0.25) is 0 Å². The van der Waals surface area contributed by atoms with E-state index in [1.165, 1.54) is 43.7 Å². The Morgan fingerprint density at radius 1 is 0.960 bits per heavy atom. The second-order valence-corrected chi connectivity index (χ2v) is 7.56. The second kappa shape index (κ2) is 6.46. The highest BCUT2D eigenvalue weighted by Gasteiger charge is 2.35. The van der Waals surface area contributed by atoms with Crippen LogP contribution in [0.2, 0.25) is 0 Å². The maximum atomic E-state index is 5.44. The zero-order chi connectivity index (χ0) is 16.6. The molecule has 2 bridgehead atoms. The van der Waals surface area contributed by atoms with Gasteiger partial charge in [0.05, 0.1) is 31.3 Å². The summed E-state index contributed by atoms with van der Waals surface area (Å²) in [6, 6.07) is 9.44. The van der Waals surface area contributed by atoms with E-state index in [-0.39, 0.29) is 0 Å². The fourth-order valence-corrected chi connectivity index (χ4v) is 4.60. The smallest absolute Gasteiger partial charge is 0.0956 e. The maximum Gasteiger partial charge on any atom is 0.0956 e. The predicted molar refractivity (Wildman–Crippen MR) is 98.9 cm³/mol. The van der Waals surface area contributed by atoms with E-state index < -0.39 is 0 Å². The lowest BCUT2D eigenvalue weighted by Crippen LogP contribution is -2.47. The van der Waals surface area contributed by atoms with Crippen molar-refractivity contribution in [1.29, 1.82) is 0 Å². The molecule has 0 spiro atoms. The molecule has 2 aromatic rings. The van der Waals surface area contributed by atoms with Gasteiger partial charge in [-0.05, 0) is 44.0 Å². The van der Waals surface area contributed by atoms with Crippen LogP contribution in [-0.2, 0) is 4.74 Å². The Hall–Kier alpha value is -1.85. The summed E-state index contributed by atoms with van der Waals surface area (Å²) >= 11 is 0. The largest absolute Gasteiger partial charge is 0.378 e. The first-order valence-electron chi connectivity index (χ1n) is 9.56. The average molecular weight is 338 g/mol. The molecule has 5 heterocycles. The number of hydrogen-bond acceptors (Lipinski definition) is 4. The van der Waals surface area contributed by atoms with E-state index in [9.17, 15) is 0 Å². The first-order chi connectivity index (χ1) is 12.4. The number of ether oxygens (including phenoxy) is 1. The SMILES string of the molecule is c1cc(N2CCOCC2)ccc1-c1cn([C@H]2CN3CCC2CC3)cn1. The van der Waals surface area contributed by atoms with Gasteiger partial charge in [-0.2, -0.15) is 0 Å². The normalized spacial score (nSPS) is 29.1. The fraction of sp³-hybridized carbons (Fsp3) is 0.550. The number of anilines is 1. The molecule has 132 valence electrons. The molecule has 1 atom stereocenters. The summed E-state index contributed by atoms with van der Waals surface area (Å²) < 4.78 is 7.80. The quantitative estimate of drug-likeness (QED) is 0.862. The number of hydrogen-bond donors (Lipinski definition) is 0. The van der Waals surface area contributed by atoms with Crippen LogP contribution in [0.5, 0.6) is 0 Å². The molecule has 0 amide bonds. The zero-order valence-electron chi connectivity index (χ0n) is 14.7. The Balaban J connectivity index is 1.33. The van der Waals surface area contributed by atoms with E-state index in [1.54, 1.807) is 0 Å². The van der Waals surface area contributed by atoms with Crippen LogP contribution in [0.3, 0.4) is 0 Å². The van der Waals surface area contributed by atoms with Crippen molar-refractivity contribution < 1.29 is 4.74 Å². The maximum absolute atomic E-state index is 5.44. The van der Waals surface area contributed by atoms with Gasteiger partial charge in [0.25, 0.3) is 0 Å². The van der Waals surface area contributed by atoms with E-state index in [0.29, 0.717) is 6.04 Å². The molecule has 0 radical (unpaired) electrons. The van der Waals surface area contributed by atoms with Crippen LogP contribution in [0, 0.1) is 5.92 Å². The van der Waals surface area contributed by atoms with E-state index in [0.717, 1.165) is 37.9 Å². The van der Waals surface area contributed by atoms with Gasteiger partial charge in [0.15, 0.2) is 0 Å². The zero-order valence-corrected chi connectivity index (χ0v) is 14.7. The third kappa shape index (κ3) is 2.96. The van der Waals surface area contributed by atoms with Crippen molar-refractivity contribution in [2.24, 2.45) is 5.92 Å². The lowest BCUT2D eigenvalue weighted by molar-refractivity contribution is 0.0570. The minimum atomic E-state index is 0.608. The molecule has 25 heavy (non-hydrogen) atoms. The van der Waals surface area contributed by atoms with E-state index in [4.69, 9.17) is 9.72 Å². The van der Waals surface area contributed by atoms with Gasteiger partial charge in [-0.1, -0.05) is 12.1 Å². The Bertz CT molecular complexity index is 712. The van der Waals surface area contributed by atoms with Crippen LogP contribution in [0.4, 0.5) is 5.69 Å². The van der Waals surface area contributed by atoms with Crippen molar-refractivity contribution in [1.82, 2.24) is 14.5 Å². The number of benzene rings is 1. The molecule has 5 heteroatoms. The van der Waals surface area contributed by atoms with Gasteiger partial charge in [0.1, 0.15) is 0 Å². The van der Waals surface area contributed by atoms with E-state index in [2.05, 4.69) is 44.8 Å². The number of rotatable bonds is 3. The monoisotopic (exact) mass is 338 g/mol. The van der Waals surface area contributed by atoms with Crippen molar-refractivity contribution in [3.63, 3.8) is 0 Å². The van der Waals surface area contributed by atoms with Crippen molar-refractivity contribution in [2.75, 3.05) is 50.8 Å². The van der Waals surface area contributed by atoms with Crippen molar-refractivity contribution >= 4 is 5.69 Å². The van der Waals surface area contributed by atoms with Gasteiger partial charge in [-0.25, -0.2) is 4.98 Å². The summed E-state index contributed by atoms with van der Waals surface area (Å²) in [6.07, 6.45) is 6.97. The minimum absolute atomic E-state index is 0.608. The van der Waals surface area contributed by atoms with E-state index >= 15 is 0 Å². The van der Waals surface area contributed by atoms with Gasteiger partial charge in [0, 0.05) is 37.1 Å². The van der Waals surface area contributed by atoms with Crippen LogP contribution >= 0.6 is 0 Å². The highest BCUT2D eigenvalue weighted by atomic mass is 16.5. The average Bonchev–Trinajstić information content (AvgIpc) is 3.20. The number of morpholine rings is 1. The molecule has 0 aliphatic carbocycles. The number of imidazole rings is 1. The van der Waals surface area contributed by atoms with Crippen LogP contribution in [0.1, 0.15) is 18.9 Å². The lowest BCUT2D eigenvalue weighted by Gasteiger charge is -2.45. The fourth-order valence-electron chi connectivity index (χ4n) is 4.60. The predicted octanol–water partition coefficient (Wildman–Crippen LogP) is 2.65. The summed E-state index contributed by atoms with van der Waals surface area (Å²) in [6.45, 7) is 7.37. The molecule has 4 aliphatic heterocycles. The van der Waals surface area contributed by atoms with Crippen molar-refractivity contribution in [3.05, 3.63) is 36.8 Å². The second-order valence-electron chi connectivity index (χ2n) is 7.56. The topological polar surface area (TPSA) is 33.5 Å². The number of nitrogens with zero attached hydrogens (tertiary/aromatic N) is 4. The molecule has 0 saturated carbocycles. The minimum Gasteiger partial charge on any atom is -0.378 e. The molecular formula is C20H26N4O. The molecule has 4 aliphatic rings. The third-order valence-electron chi connectivity index (χ3n) is 6.15. The van der Waals surface area contributed by atoms with Crippen LogP contribution in [-0.4, -0.2) is 60.4 Å². The first kappa shape index (κ1) is 15.4. The Kier molecular flexibility index (Phi) is 3.98. The molecule has 0 N–H and O–H groups in total. The van der Waals surface area contributed by atoms with E-state index in [1.807, 2.05) is 6.33 Å². The molecule has 1 aromatic carbocycles. The molecule has 5 nitrogen and oxygen atoms in total. The third-order valence-corrected chi connectivity index (χ3v) is 6.15. The number of aromatic nitrogens is 2. The number of fused-ring (bicyclic) bond motifs is 3. The van der Waals surface area contributed by atoms with Crippen molar-refractivity contribution in [2.45, 2.75) is 18.9 Å². The van der Waals surface area contributed by atoms with Crippen LogP contribution < -0.4 is 4.90 Å². The molecule has 0 unspecified atom stereocenters. The molecule has 4 saturated heterocycles. The summed E-state index contributed by atoms with van der Waals surface area (Å²) in [4.78, 5) is 9.68. The Morgan fingerprint density at radius 2 is 1.72 bits per heavy atom. The van der Waals surface area contributed by atoms with Gasteiger partial charge < -0.3 is 19.1 Å². The van der Waals surface area contributed by atoms with Crippen LogP contribution in [0.15, 0.2) is 36.8 Å². The Labute approximate surface area is 149 Å². The van der Waals surface area contributed by atoms with Crippen LogP contribution in [0.25, 0.3) is 11.3 Å². The molecule has 4 fully saturated rings. The molecule has 6 rings (SSSR count). The summed E-state index contributed by atoms with van der Waals surface area (Å²) in [5, 5.41) is 0. The highest BCUT2D eigenvalue weighted by molar-refractivity contribution is 5.62. The highest BCUT2D eigenvalue weighted by Crippen LogP contribution is 2.36. The van der Waals surface area contributed by atoms with Gasteiger partial charge >= 0.3 is 0 Å². The van der Waals surface area contributed by atoms with Gasteiger partial charge in [0.2, 0.25) is 0 Å². The molecular weight excluding hydrogens is 312 g/mol. The van der Waals surface area contributed by atoms with Crippen molar-refractivity contribution in [3.8, 4) is 11.3 Å². The van der Waals surface area contributed by atoms with Gasteiger partial charge in [-0.15, -0.1) is 0 Å². The summed E-state index contributed by atoms with van der Waals surface area (Å²) in [5.74, 6) is 0.829. The number of piperidine rings is 3. The standard InChI is InChI=1S/C20H26N4O/c1-3-18(23-9-11-25-12-10-23)4-2-16(1)19-13-24(15-21-19)20-14-22-7-5-17(20)6-8-22/h1-4,13,15,17,20H,5-12,14H2/t20-/m0/s1. The summed E-state index contributed by atoms with van der Waals surface area (Å²) in [7, 11) is 0. The Morgan fingerprint density at radius 3 is 2.40 bits per heavy atom. The summed E-state index contributed by atoms with van der Waals surface area (Å²) in [5.41, 5.74) is 3.57. The lowest BCUT2D eigenvalue weighted by atomic mass is 9.84.